The number of thioether (sulfide) groups is 1. The first kappa shape index (κ1) is 12.4. The van der Waals surface area contributed by atoms with Gasteiger partial charge in [0, 0.05) is 16.8 Å². The molecule has 2 nitrogen and oxygen atoms in total. The van der Waals surface area contributed by atoms with Crippen molar-refractivity contribution in [2.24, 2.45) is 0 Å². The summed E-state index contributed by atoms with van der Waals surface area (Å²) in [5, 5.41) is 0. The molecule has 0 radical (unpaired) electrons. The minimum absolute atomic E-state index is 0.248. The Labute approximate surface area is 112 Å². The van der Waals surface area contributed by atoms with Crippen LogP contribution in [0.4, 0.5) is 10.1 Å². The first-order valence-corrected chi connectivity index (χ1v) is 6.71. The second-order valence-corrected chi connectivity index (χ2v) is 5.32. The molecule has 0 unspecified atom stereocenters. The second-order valence-electron chi connectivity index (χ2n) is 3.45. The number of hydrogen-bond acceptors (Lipinski definition) is 3. The molecule has 0 aliphatic rings. The normalized spacial score (nSPS) is 10.5. The van der Waals surface area contributed by atoms with E-state index in [4.69, 9.17) is 5.73 Å². The van der Waals surface area contributed by atoms with Gasteiger partial charge >= 0.3 is 0 Å². The van der Waals surface area contributed by atoms with Crippen molar-refractivity contribution in [1.29, 1.82) is 0 Å². The summed E-state index contributed by atoms with van der Waals surface area (Å²) in [6.07, 6.45) is 3.34. The van der Waals surface area contributed by atoms with E-state index in [9.17, 15) is 4.39 Å². The Morgan fingerprint density at radius 1 is 1.35 bits per heavy atom. The van der Waals surface area contributed by atoms with Crippen LogP contribution < -0.4 is 5.73 Å². The summed E-state index contributed by atoms with van der Waals surface area (Å²) < 4.78 is 13.5. The number of anilines is 1. The van der Waals surface area contributed by atoms with Gasteiger partial charge in [0.05, 0.1) is 16.4 Å². The predicted octanol–water partition coefficient (Wildman–Crippen LogP) is 3.86. The van der Waals surface area contributed by atoms with Gasteiger partial charge in [0.25, 0.3) is 0 Å². The van der Waals surface area contributed by atoms with E-state index in [0.717, 1.165) is 16.2 Å². The number of hydrogen-bond donors (Lipinski definition) is 1. The van der Waals surface area contributed by atoms with Gasteiger partial charge in [0.15, 0.2) is 0 Å². The van der Waals surface area contributed by atoms with Crippen LogP contribution in [0.3, 0.4) is 0 Å². The molecule has 0 aliphatic heterocycles. The van der Waals surface area contributed by atoms with E-state index >= 15 is 0 Å². The van der Waals surface area contributed by atoms with Gasteiger partial charge in [0.2, 0.25) is 0 Å². The average Bonchev–Trinajstić information content (AvgIpc) is 2.32. The lowest BCUT2D eigenvalue weighted by Gasteiger charge is -2.05. The molecule has 2 N–H and O–H groups in total. The first-order valence-electron chi connectivity index (χ1n) is 4.93. The maximum Gasteiger partial charge on any atom is 0.137 e. The van der Waals surface area contributed by atoms with Crippen molar-refractivity contribution in [2.45, 2.75) is 10.6 Å². The van der Waals surface area contributed by atoms with Crippen molar-refractivity contribution in [1.82, 2.24) is 4.98 Å². The maximum atomic E-state index is 13.0. The van der Waals surface area contributed by atoms with Crippen molar-refractivity contribution in [3.05, 3.63) is 52.5 Å². The molecule has 88 valence electrons. The average molecular weight is 313 g/mol. The Kier molecular flexibility index (Phi) is 4.02. The fourth-order valence-corrected chi connectivity index (χ4v) is 2.62. The summed E-state index contributed by atoms with van der Waals surface area (Å²) in [5.74, 6) is 0.495. The zero-order chi connectivity index (χ0) is 12.3. The number of nitrogens with zero attached hydrogens (tertiary/aromatic N) is 1. The molecule has 0 saturated heterocycles. The summed E-state index contributed by atoms with van der Waals surface area (Å²) in [4.78, 5) is 4.92. The van der Waals surface area contributed by atoms with E-state index in [1.807, 2.05) is 6.07 Å². The molecule has 2 aromatic rings. The van der Waals surface area contributed by atoms with Gasteiger partial charge < -0.3 is 5.73 Å². The van der Waals surface area contributed by atoms with Crippen LogP contribution >= 0.6 is 27.7 Å². The minimum atomic E-state index is -0.248. The monoisotopic (exact) mass is 312 g/mol. The molecule has 1 aromatic carbocycles. The smallest absolute Gasteiger partial charge is 0.137 e. The van der Waals surface area contributed by atoms with Crippen LogP contribution in [0.25, 0.3) is 0 Å². The Balaban J connectivity index is 2.08. The van der Waals surface area contributed by atoms with Gasteiger partial charge in [-0.05, 0) is 39.7 Å². The second kappa shape index (κ2) is 5.51. The van der Waals surface area contributed by atoms with E-state index in [2.05, 4.69) is 20.9 Å². The van der Waals surface area contributed by atoms with Crippen LogP contribution in [0.5, 0.6) is 0 Å². The van der Waals surface area contributed by atoms with Crippen LogP contribution in [0.15, 0.2) is 46.0 Å². The summed E-state index contributed by atoms with van der Waals surface area (Å²) in [6, 6.07) is 6.87. The van der Waals surface area contributed by atoms with Crippen molar-refractivity contribution in [3.8, 4) is 0 Å². The molecule has 0 amide bonds. The lowest BCUT2D eigenvalue weighted by Crippen LogP contribution is -1.90. The molecule has 2 rings (SSSR count). The molecular weight excluding hydrogens is 303 g/mol. The summed E-state index contributed by atoms with van der Waals surface area (Å²) in [7, 11) is 0. The molecule has 0 spiro atoms. The number of aromatic nitrogens is 1. The zero-order valence-corrected chi connectivity index (χ0v) is 11.3. The number of pyridine rings is 1. The molecule has 5 heteroatoms. The Morgan fingerprint density at radius 2 is 2.18 bits per heavy atom. The molecule has 1 aromatic heterocycles. The lowest BCUT2D eigenvalue weighted by atomic mass is 10.2. The van der Waals surface area contributed by atoms with E-state index in [-0.39, 0.29) is 5.82 Å². The van der Waals surface area contributed by atoms with Gasteiger partial charge in [-0.2, -0.15) is 0 Å². The number of nitrogens with two attached hydrogens (primary N) is 1. The summed E-state index contributed by atoms with van der Waals surface area (Å²) in [5.41, 5.74) is 7.49. The van der Waals surface area contributed by atoms with Gasteiger partial charge in [-0.15, -0.1) is 11.8 Å². The molecular formula is C12H10BrFN2S. The van der Waals surface area contributed by atoms with Crippen LogP contribution in [0, 0.1) is 5.82 Å². The fraction of sp³-hybridized carbons (Fsp3) is 0.0833. The van der Waals surface area contributed by atoms with Gasteiger partial charge in [0.1, 0.15) is 5.82 Å². The van der Waals surface area contributed by atoms with Crippen molar-refractivity contribution in [2.75, 3.05) is 5.73 Å². The number of benzene rings is 1. The van der Waals surface area contributed by atoms with Crippen LogP contribution in [-0.4, -0.2) is 4.98 Å². The van der Waals surface area contributed by atoms with Crippen LogP contribution in [-0.2, 0) is 5.75 Å². The van der Waals surface area contributed by atoms with E-state index in [1.54, 1.807) is 36.3 Å². The standard InChI is InChI=1S/C12H10BrFN2S/c13-9-5-8(1-2-10(9)14)7-17-12-3-4-16-6-11(12)15/h1-6H,7,15H2. The largest absolute Gasteiger partial charge is 0.397 e. The van der Waals surface area contributed by atoms with Crippen molar-refractivity contribution in [3.63, 3.8) is 0 Å². The van der Waals surface area contributed by atoms with Crippen molar-refractivity contribution < 1.29 is 4.39 Å². The Hall–Kier alpha value is -1.07. The fourth-order valence-electron chi connectivity index (χ4n) is 1.32. The minimum Gasteiger partial charge on any atom is -0.397 e. The first-order chi connectivity index (χ1) is 8.16. The molecule has 1 heterocycles. The summed E-state index contributed by atoms with van der Waals surface area (Å²) in [6.45, 7) is 0. The van der Waals surface area contributed by atoms with Gasteiger partial charge in [-0.1, -0.05) is 6.07 Å². The molecule has 0 aliphatic carbocycles. The molecule has 0 fully saturated rings. The van der Waals surface area contributed by atoms with Crippen LogP contribution in [0.1, 0.15) is 5.56 Å². The third-order valence-corrected chi connectivity index (χ3v) is 3.96. The lowest BCUT2D eigenvalue weighted by molar-refractivity contribution is 0.620. The van der Waals surface area contributed by atoms with E-state index in [0.29, 0.717) is 10.2 Å². The Morgan fingerprint density at radius 3 is 2.88 bits per heavy atom. The third kappa shape index (κ3) is 3.20. The van der Waals surface area contributed by atoms with Gasteiger partial charge in [-0.25, -0.2) is 4.39 Å². The molecule has 17 heavy (non-hydrogen) atoms. The highest BCUT2D eigenvalue weighted by molar-refractivity contribution is 9.10. The highest BCUT2D eigenvalue weighted by Gasteiger charge is 2.03. The predicted molar refractivity (Wildman–Crippen MR) is 72.3 cm³/mol. The quantitative estimate of drug-likeness (QED) is 0.875. The van der Waals surface area contributed by atoms with E-state index < -0.39 is 0 Å². The Bertz CT molecular complexity index is 534. The topological polar surface area (TPSA) is 38.9 Å². The number of rotatable bonds is 3. The highest BCUT2D eigenvalue weighted by Crippen LogP contribution is 2.28. The van der Waals surface area contributed by atoms with Crippen molar-refractivity contribution >= 4 is 33.4 Å². The number of halogens is 2. The molecule has 0 saturated carbocycles. The molecule has 0 atom stereocenters. The zero-order valence-electron chi connectivity index (χ0n) is 8.86. The highest BCUT2D eigenvalue weighted by atomic mass is 79.9. The SMILES string of the molecule is Nc1cnccc1SCc1ccc(F)c(Br)c1. The van der Waals surface area contributed by atoms with Gasteiger partial charge in [-0.3, -0.25) is 4.98 Å². The third-order valence-electron chi connectivity index (χ3n) is 2.19. The maximum absolute atomic E-state index is 13.0. The molecule has 0 bridgehead atoms. The van der Waals surface area contributed by atoms with E-state index in [1.165, 1.54) is 6.07 Å². The summed E-state index contributed by atoms with van der Waals surface area (Å²) >= 11 is 4.77. The number of nitrogen functional groups attached to an aromatic ring is 1. The van der Waals surface area contributed by atoms with Crippen LogP contribution in [0.2, 0.25) is 0 Å².